The van der Waals surface area contributed by atoms with Gasteiger partial charge in [-0.2, -0.15) is 0 Å². The number of nitrogens with one attached hydrogen (secondary N) is 1. The number of carbonyl (C=O) groups excluding carboxylic acids is 1. The van der Waals surface area contributed by atoms with Crippen molar-refractivity contribution in [3.8, 4) is 11.5 Å². The van der Waals surface area contributed by atoms with E-state index in [1.165, 1.54) is 0 Å². The number of rotatable bonds is 7. The molecule has 1 fully saturated rings. The Bertz CT molecular complexity index is 742. The predicted octanol–water partition coefficient (Wildman–Crippen LogP) is 4.33. The van der Waals surface area contributed by atoms with Crippen molar-refractivity contribution in [2.75, 3.05) is 25.1 Å². The van der Waals surface area contributed by atoms with Crippen molar-refractivity contribution in [1.29, 1.82) is 0 Å². The number of halogens is 1. The molecule has 1 unspecified atom stereocenters. The Labute approximate surface area is 161 Å². The van der Waals surface area contributed by atoms with Gasteiger partial charge < -0.3 is 19.5 Å². The number of benzene rings is 2. The molecule has 1 atom stereocenters. The number of hydrogen-bond acceptors (Lipinski definition) is 4. The topological polar surface area (TPSA) is 56.8 Å². The molecule has 1 N–H and O–H groups in total. The minimum Gasteiger partial charge on any atom is -0.491 e. The van der Waals surface area contributed by atoms with E-state index in [1.807, 2.05) is 49.4 Å². The highest BCUT2D eigenvalue weighted by atomic mass is 79.9. The Morgan fingerprint density at radius 3 is 2.73 bits per heavy atom. The van der Waals surface area contributed by atoms with Gasteiger partial charge in [0.2, 0.25) is 0 Å². The first-order valence-corrected chi connectivity index (χ1v) is 9.43. The number of amides is 1. The first kappa shape index (κ1) is 18.7. The minimum absolute atomic E-state index is 0.0566. The first-order valence-electron chi connectivity index (χ1n) is 8.63. The van der Waals surface area contributed by atoms with Crippen LogP contribution < -0.4 is 14.8 Å². The van der Waals surface area contributed by atoms with Crippen LogP contribution in [0.1, 0.15) is 18.4 Å². The van der Waals surface area contributed by atoms with E-state index < -0.39 is 0 Å². The first-order chi connectivity index (χ1) is 12.6. The molecule has 0 bridgehead atoms. The second-order valence-corrected chi connectivity index (χ2v) is 7.10. The van der Waals surface area contributed by atoms with Crippen LogP contribution in [0.4, 0.5) is 5.69 Å². The molecule has 0 aliphatic carbocycles. The summed E-state index contributed by atoms with van der Waals surface area (Å²) in [5, 5.41) is 2.81. The Morgan fingerprint density at radius 1 is 1.23 bits per heavy atom. The molecule has 138 valence electrons. The Hall–Kier alpha value is -2.05. The lowest BCUT2D eigenvalue weighted by Crippen LogP contribution is -2.20. The molecule has 1 heterocycles. The van der Waals surface area contributed by atoms with Gasteiger partial charge in [0.15, 0.2) is 6.61 Å². The predicted molar refractivity (Wildman–Crippen MR) is 104 cm³/mol. The van der Waals surface area contributed by atoms with E-state index in [0.717, 1.165) is 35.2 Å². The average Bonchev–Trinajstić information content (AvgIpc) is 3.14. The highest BCUT2D eigenvalue weighted by Crippen LogP contribution is 2.25. The van der Waals surface area contributed by atoms with Crippen LogP contribution in [0.3, 0.4) is 0 Å². The van der Waals surface area contributed by atoms with Crippen molar-refractivity contribution in [3.63, 3.8) is 0 Å². The molecule has 1 aliphatic rings. The zero-order valence-corrected chi connectivity index (χ0v) is 16.3. The number of aryl methyl sites for hydroxylation is 1. The van der Waals surface area contributed by atoms with Gasteiger partial charge in [0.05, 0.1) is 10.6 Å². The van der Waals surface area contributed by atoms with Crippen molar-refractivity contribution in [2.24, 2.45) is 0 Å². The van der Waals surface area contributed by atoms with E-state index in [4.69, 9.17) is 14.2 Å². The van der Waals surface area contributed by atoms with Crippen molar-refractivity contribution < 1.29 is 19.0 Å². The van der Waals surface area contributed by atoms with E-state index in [0.29, 0.717) is 18.0 Å². The van der Waals surface area contributed by atoms with Crippen molar-refractivity contribution >= 4 is 27.5 Å². The quantitative estimate of drug-likeness (QED) is 0.725. The fourth-order valence-electron chi connectivity index (χ4n) is 2.66. The summed E-state index contributed by atoms with van der Waals surface area (Å²) in [7, 11) is 0. The standard InChI is InChI=1S/C20H22BrNO4/c1-14-4-9-19(18(21)11-14)26-13-20(23)22-15-5-7-16(8-6-15)25-12-17-3-2-10-24-17/h4-9,11,17H,2-3,10,12-13H2,1H3,(H,22,23). The molecule has 5 nitrogen and oxygen atoms in total. The maximum atomic E-state index is 12.0. The van der Waals surface area contributed by atoms with Crippen LogP contribution in [-0.4, -0.2) is 31.8 Å². The Balaban J connectivity index is 1.44. The lowest BCUT2D eigenvalue weighted by Gasteiger charge is -2.12. The molecule has 0 saturated carbocycles. The molecule has 3 rings (SSSR count). The summed E-state index contributed by atoms with van der Waals surface area (Å²) in [6, 6.07) is 13.0. The van der Waals surface area contributed by atoms with E-state index in [2.05, 4.69) is 21.2 Å². The van der Waals surface area contributed by atoms with Gasteiger partial charge in [-0.1, -0.05) is 6.07 Å². The lowest BCUT2D eigenvalue weighted by atomic mass is 10.2. The molecule has 6 heteroatoms. The van der Waals surface area contributed by atoms with Gasteiger partial charge in [-0.3, -0.25) is 4.79 Å². The van der Waals surface area contributed by atoms with Crippen LogP contribution in [0, 0.1) is 6.92 Å². The second kappa shape index (κ2) is 9.05. The van der Waals surface area contributed by atoms with E-state index in [-0.39, 0.29) is 18.6 Å². The van der Waals surface area contributed by atoms with Gasteiger partial charge in [-0.05, 0) is 77.7 Å². The lowest BCUT2D eigenvalue weighted by molar-refractivity contribution is -0.118. The van der Waals surface area contributed by atoms with Crippen molar-refractivity contribution in [2.45, 2.75) is 25.9 Å². The molecular weight excluding hydrogens is 398 g/mol. The van der Waals surface area contributed by atoms with Gasteiger partial charge in [0, 0.05) is 12.3 Å². The van der Waals surface area contributed by atoms with Crippen LogP contribution in [0.2, 0.25) is 0 Å². The maximum Gasteiger partial charge on any atom is 0.262 e. The fraction of sp³-hybridized carbons (Fsp3) is 0.350. The third-order valence-electron chi connectivity index (χ3n) is 4.04. The average molecular weight is 420 g/mol. The van der Waals surface area contributed by atoms with Crippen LogP contribution >= 0.6 is 15.9 Å². The Kier molecular flexibility index (Phi) is 6.52. The number of ether oxygens (including phenoxy) is 3. The molecule has 0 radical (unpaired) electrons. The number of anilines is 1. The normalized spacial score (nSPS) is 16.3. The summed E-state index contributed by atoms with van der Waals surface area (Å²) in [6.07, 6.45) is 2.33. The number of carbonyl (C=O) groups is 1. The molecule has 2 aromatic rings. The van der Waals surface area contributed by atoms with Gasteiger partial charge in [-0.15, -0.1) is 0 Å². The summed E-state index contributed by atoms with van der Waals surface area (Å²) in [6.45, 7) is 3.32. The van der Waals surface area contributed by atoms with Crippen LogP contribution in [0.15, 0.2) is 46.9 Å². The van der Waals surface area contributed by atoms with Gasteiger partial charge in [0.1, 0.15) is 18.1 Å². The summed E-state index contributed by atoms with van der Waals surface area (Å²) in [5.41, 5.74) is 1.82. The minimum atomic E-state index is -0.217. The highest BCUT2D eigenvalue weighted by molar-refractivity contribution is 9.10. The molecule has 26 heavy (non-hydrogen) atoms. The fourth-order valence-corrected chi connectivity index (χ4v) is 3.27. The largest absolute Gasteiger partial charge is 0.491 e. The third-order valence-corrected chi connectivity index (χ3v) is 4.66. The van der Waals surface area contributed by atoms with Gasteiger partial charge in [0.25, 0.3) is 5.91 Å². The summed E-state index contributed by atoms with van der Waals surface area (Å²) in [5.74, 6) is 1.19. The van der Waals surface area contributed by atoms with Crippen LogP contribution in [0.25, 0.3) is 0 Å². The summed E-state index contributed by atoms with van der Waals surface area (Å²) in [4.78, 5) is 12.0. The van der Waals surface area contributed by atoms with E-state index >= 15 is 0 Å². The number of hydrogen-bond donors (Lipinski definition) is 1. The van der Waals surface area contributed by atoms with E-state index in [1.54, 1.807) is 0 Å². The SMILES string of the molecule is Cc1ccc(OCC(=O)Nc2ccc(OCC3CCCO3)cc2)c(Br)c1. The molecule has 2 aromatic carbocycles. The van der Waals surface area contributed by atoms with Crippen molar-refractivity contribution in [1.82, 2.24) is 0 Å². The molecule has 1 saturated heterocycles. The van der Waals surface area contributed by atoms with Gasteiger partial charge in [-0.25, -0.2) is 0 Å². The summed E-state index contributed by atoms with van der Waals surface area (Å²) < 4.78 is 17.6. The van der Waals surface area contributed by atoms with E-state index in [9.17, 15) is 4.79 Å². The maximum absolute atomic E-state index is 12.0. The van der Waals surface area contributed by atoms with Crippen LogP contribution in [0.5, 0.6) is 11.5 Å². The molecular formula is C20H22BrNO4. The molecule has 1 amide bonds. The van der Waals surface area contributed by atoms with Crippen LogP contribution in [-0.2, 0) is 9.53 Å². The summed E-state index contributed by atoms with van der Waals surface area (Å²) >= 11 is 3.43. The third kappa shape index (κ3) is 5.47. The second-order valence-electron chi connectivity index (χ2n) is 6.24. The molecule has 1 aliphatic heterocycles. The van der Waals surface area contributed by atoms with Gasteiger partial charge >= 0.3 is 0 Å². The zero-order chi connectivity index (χ0) is 18.4. The Morgan fingerprint density at radius 2 is 2.04 bits per heavy atom. The molecule has 0 aromatic heterocycles. The highest BCUT2D eigenvalue weighted by Gasteiger charge is 2.16. The smallest absolute Gasteiger partial charge is 0.262 e. The van der Waals surface area contributed by atoms with Crippen molar-refractivity contribution in [3.05, 3.63) is 52.5 Å². The zero-order valence-electron chi connectivity index (χ0n) is 14.7. The monoisotopic (exact) mass is 419 g/mol. The molecule has 0 spiro atoms.